The molecule has 0 bridgehead atoms. The number of nitrogens with one attached hydrogen (secondary N) is 1. The molecule has 0 aromatic heterocycles. The van der Waals surface area contributed by atoms with Crippen molar-refractivity contribution in [1.82, 2.24) is 5.32 Å². The summed E-state index contributed by atoms with van der Waals surface area (Å²) in [4.78, 5) is 37.0. The largest absolute Gasteiger partial charge is 0.458 e. The Bertz CT molecular complexity index is 845. The predicted molar refractivity (Wildman–Crippen MR) is 110 cm³/mol. The van der Waals surface area contributed by atoms with Gasteiger partial charge in [0.15, 0.2) is 0 Å². The van der Waals surface area contributed by atoms with Crippen molar-refractivity contribution < 1.29 is 28.6 Å². The molecule has 1 amide bonds. The number of hydrogen-bond acceptors (Lipinski definition) is 6. The van der Waals surface area contributed by atoms with Gasteiger partial charge in [-0.3, -0.25) is 4.79 Å². The van der Waals surface area contributed by atoms with Gasteiger partial charge < -0.3 is 19.5 Å². The molecular weight excluding hydrogens is 386 g/mol. The van der Waals surface area contributed by atoms with Gasteiger partial charge in [0.1, 0.15) is 18.2 Å². The van der Waals surface area contributed by atoms with Crippen LogP contribution in [0.2, 0.25) is 0 Å². The van der Waals surface area contributed by atoms with E-state index in [0.717, 1.165) is 5.56 Å². The maximum Gasteiger partial charge on any atom is 0.408 e. The van der Waals surface area contributed by atoms with Crippen molar-refractivity contribution in [3.8, 4) is 0 Å². The lowest BCUT2D eigenvalue weighted by Gasteiger charge is -2.28. The summed E-state index contributed by atoms with van der Waals surface area (Å²) in [6.07, 6.45) is -2.13. The molecule has 2 rings (SSSR count). The zero-order chi connectivity index (χ0) is 22.1. The molecule has 2 atom stereocenters. The van der Waals surface area contributed by atoms with E-state index >= 15 is 0 Å². The number of benzene rings is 2. The minimum Gasteiger partial charge on any atom is -0.458 e. The molecule has 0 saturated carbocycles. The van der Waals surface area contributed by atoms with Crippen LogP contribution in [0.15, 0.2) is 60.7 Å². The van der Waals surface area contributed by atoms with Gasteiger partial charge in [0.05, 0.1) is 0 Å². The normalized spacial score (nSPS) is 12.9. The second kappa shape index (κ2) is 10.4. The highest BCUT2D eigenvalue weighted by atomic mass is 16.6. The molecule has 7 heteroatoms. The summed E-state index contributed by atoms with van der Waals surface area (Å²) in [7, 11) is 0. The first-order valence-electron chi connectivity index (χ1n) is 9.58. The third kappa shape index (κ3) is 7.58. The minimum absolute atomic E-state index is 0.00534. The third-order valence-corrected chi connectivity index (χ3v) is 3.88. The number of hydrogen-bond donors (Lipinski definition) is 1. The standard InChI is InChI=1S/C23H27NO6/c1-16(25)29-20(21(26)28-15-17-11-7-5-8-12-17)19(18-13-9-6-10-14-18)24-22(27)30-23(2,3)4/h5-14,19-20H,15H2,1-4H3,(H,24,27)/t19-,20-/m0/s1. The van der Waals surface area contributed by atoms with Crippen LogP contribution in [0.4, 0.5) is 4.79 Å². The average molecular weight is 413 g/mol. The van der Waals surface area contributed by atoms with Crippen LogP contribution < -0.4 is 5.32 Å². The first-order chi connectivity index (χ1) is 14.2. The molecule has 0 fully saturated rings. The Kier molecular flexibility index (Phi) is 7.98. The predicted octanol–water partition coefficient (Wildman–Crippen LogP) is 3.93. The molecule has 0 saturated heterocycles. The Morgan fingerprint density at radius 1 is 0.933 bits per heavy atom. The van der Waals surface area contributed by atoms with Crippen LogP contribution in [-0.4, -0.2) is 29.7 Å². The zero-order valence-corrected chi connectivity index (χ0v) is 17.6. The fraction of sp³-hybridized carbons (Fsp3) is 0.348. The summed E-state index contributed by atoms with van der Waals surface area (Å²) < 4.78 is 15.9. The Morgan fingerprint density at radius 2 is 1.50 bits per heavy atom. The Labute approximate surface area is 176 Å². The first-order valence-corrected chi connectivity index (χ1v) is 9.58. The van der Waals surface area contributed by atoms with Crippen molar-refractivity contribution in [3.05, 3.63) is 71.8 Å². The van der Waals surface area contributed by atoms with E-state index in [9.17, 15) is 14.4 Å². The number of carbonyl (C=O) groups is 3. The molecule has 30 heavy (non-hydrogen) atoms. The van der Waals surface area contributed by atoms with E-state index in [4.69, 9.17) is 14.2 Å². The second-order valence-electron chi connectivity index (χ2n) is 7.66. The van der Waals surface area contributed by atoms with Crippen LogP contribution in [0.1, 0.15) is 44.9 Å². The lowest BCUT2D eigenvalue weighted by atomic mass is 10.0. The maximum atomic E-state index is 12.8. The van der Waals surface area contributed by atoms with Crippen molar-refractivity contribution in [2.45, 2.75) is 52.0 Å². The lowest BCUT2D eigenvalue weighted by molar-refractivity contribution is -0.170. The van der Waals surface area contributed by atoms with Crippen molar-refractivity contribution in [1.29, 1.82) is 0 Å². The summed E-state index contributed by atoms with van der Waals surface area (Å²) in [6.45, 7) is 6.36. The number of carbonyl (C=O) groups excluding carboxylic acids is 3. The van der Waals surface area contributed by atoms with Crippen molar-refractivity contribution in [2.24, 2.45) is 0 Å². The van der Waals surface area contributed by atoms with Gasteiger partial charge in [-0.15, -0.1) is 0 Å². The Morgan fingerprint density at radius 3 is 2.03 bits per heavy atom. The van der Waals surface area contributed by atoms with Gasteiger partial charge in [-0.2, -0.15) is 0 Å². The van der Waals surface area contributed by atoms with E-state index in [0.29, 0.717) is 5.56 Å². The van der Waals surface area contributed by atoms with Crippen molar-refractivity contribution >= 4 is 18.0 Å². The van der Waals surface area contributed by atoms with Gasteiger partial charge in [0, 0.05) is 6.92 Å². The van der Waals surface area contributed by atoms with Gasteiger partial charge in [-0.05, 0) is 31.9 Å². The molecule has 0 radical (unpaired) electrons. The van der Waals surface area contributed by atoms with E-state index in [-0.39, 0.29) is 6.61 Å². The second-order valence-corrected chi connectivity index (χ2v) is 7.66. The molecule has 0 aliphatic heterocycles. The van der Waals surface area contributed by atoms with E-state index in [1.54, 1.807) is 51.1 Å². The van der Waals surface area contributed by atoms with Gasteiger partial charge in [-0.25, -0.2) is 9.59 Å². The molecule has 2 aromatic rings. The molecule has 0 aliphatic rings. The molecule has 0 aliphatic carbocycles. The Hall–Kier alpha value is -3.35. The molecule has 160 valence electrons. The summed E-state index contributed by atoms with van der Waals surface area (Å²) in [6, 6.07) is 16.8. The summed E-state index contributed by atoms with van der Waals surface area (Å²) in [5.74, 6) is -1.46. The van der Waals surface area contributed by atoms with Crippen molar-refractivity contribution in [2.75, 3.05) is 0 Å². The first kappa shape index (κ1) is 22.9. The monoisotopic (exact) mass is 413 g/mol. The number of rotatable bonds is 7. The fourth-order valence-electron chi connectivity index (χ4n) is 2.67. The van der Waals surface area contributed by atoms with Crippen LogP contribution in [0.25, 0.3) is 0 Å². The van der Waals surface area contributed by atoms with Gasteiger partial charge in [0.25, 0.3) is 0 Å². The van der Waals surface area contributed by atoms with Crippen LogP contribution in [0, 0.1) is 0 Å². The van der Waals surface area contributed by atoms with Gasteiger partial charge in [-0.1, -0.05) is 60.7 Å². The SMILES string of the molecule is CC(=O)O[C@H](C(=O)OCc1ccccc1)[C@@H](NC(=O)OC(C)(C)C)c1ccccc1. The van der Waals surface area contributed by atoms with E-state index < -0.39 is 35.8 Å². The Balaban J connectivity index is 2.26. The van der Waals surface area contributed by atoms with E-state index in [1.165, 1.54) is 6.92 Å². The summed E-state index contributed by atoms with van der Waals surface area (Å²) >= 11 is 0. The molecule has 7 nitrogen and oxygen atoms in total. The molecule has 0 spiro atoms. The molecule has 2 aromatic carbocycles. The minimum atomic E-state index is -1.39. The van der Waals surface area contributed by atoms with Crippen LogP contribution in [0.5, 0.6) is 0 Å². The third-order valence-electron chi connectivity index (χ3n) is 3.88. The van der Waals surface area contributed by atoms with Gasteiger partial charge in [0.2, 0.25) is 6.10 Å². The quantitative estimate of drug-likeness (QED) is 0.546. The smallest absolute Gasteiger partial charge is 0.408 e. The average Bonchev–Trinajstić information content (AvgIpc) is 2.68. The lowest BCUT2D eigenvalue weighted by Crippen LogP contribution is -2.45. The molecular formula is C23H27NO6. The fourth-order valence-corrected chi connectivity index (χ4v) is 2.67. The molecule has 0 heterocycles. The highest BCUT2D eigenvalue weighted by Crippen LogP contribution is 2.22. The van der Waals surface area contributed by atoms with E-state index in [1.807, 2.05) is 30.3 Å². The number of amides is 1. The van der Waals surface area contributed by atoms with Gasteiger partial charge >= 0.3 is 18.0 Å². The number of esters is 2. The summed E-state index contributed by atoms with van der Waals surface area (Å²) in [5.41, 5.74) is 0.603. The van der Waals surface area contributed by atoms with E-state index in [2.05, 4.69) is 5.32 Å². The zero-order valence-electron chi connectivity index (χ0n) is 17.6. The molecule has 0 unspecified atom stereocenters. The van der Waals surface area contributed by atoms with Crippen LogP contribution in [0.3, 0.4) is 0 Å². The maximum absolute atomic E-state index is 12.8. The highest BCUT2D eigenvalue weighted by molar-refractivity contribution is 5.81. The van der Waals surface area contributed by atoms with Crippen LogP contribution in [-0.2, 0) is 30.4 Å². The number of ether oxygens (including phenoxy) is 3. The number of alkyl carbamates (subject to hydrolysis) is 1. The van der Waals surface area contributed by atoms with Crippen LogP contribution >= 0.6 is 0 Å². The van der Waals surface area contributed by atoms with Crippen molar-refractivity contribution in [3.63, 3.8) is 0 Å². The topological polar surface area (TPSA) is 90.9 Å². The summed E-state index contributed by atoms with van der Waals surface area (Å²) in [5, 5.41) is 2.64. The highest BCUT2D eigenvalue weighted by Gasteiger charge is 2.36. The molecule has 1 N–H and O–H groups in total.